The van der Waals surface area contributed by atoms with Crippen molar-refractivity contribution in [2.75, 3.05) is 42.9 Å². The highest BCUT2D eigenvalue weighted by molar-refractivity contribution is 5.43. The second-order valence-corrected chi connectivity index (χ2v) is 4.48. The van der Waals surface area contributed by atoms with Crippen LogP contribution in [-0.4, -0.2) is 47.1 Å². The average Bonchev–Trinajstić information content (AvgIpc) is 2.38. The van der Waals surface area contributed by atoms with Gasteiger partial charge in [0.15, 0.2) is 0 Å². The molecular formula is C10H20N8. The third-order valence-corrected chi connectivity index (χ3v) is 2.72. The summed E-state index contributed by atoms with van der Waals surface area (Å²) in [5, 5.41) is 1.77. The van der Waals surface area contributed by atoms with Gasteiger partial charge < -0.3 is 4.90 Å². The summed E-state index contributed by atoms with van der Waals surface area (Å²) >= 11 is 0. The zero-order valence-electron chi connectivity index (χ0n) is 10.8. The van der Waals surface area contributed by atoms with E-state index in [4.69, 9.17) is 5.84 Å². The van der Waals surface area contributed by atoms with E-state index in [1.54, 1.807) is 5.01 Å². The largest absolute Gasteiger partial charge is 0.341 e. The van der Waals surface area contributed by atoms with E-state index < -0.39 is 0 Å². The van der Waals surface area contributed by atoms with Gasteiger partial charge in [-0.15, -0.1) is 0 Å². The minimum Gasteiger partial charge on any atom is -0.341 e. The number of nitrogens with one attached hydrogen (secondary N) is 2. The molecule has 0 atom stereocenters. The second kappa shape index (κ2) is 5.78. The van der Waals surface area contributed by atoms with E-state index in [1.807, 2.05) is 14.1 Å². The Morgan fingerprint density at radius 1 is 1.06 bits per heavy atom. The Kier molecular flexibility index (Phi) is 4.11. The Bertz CT molecular complexity index is 387. The molecule has 18 heavy (non-hydrogen) atoms. The number of nitrogens with zero attached hydrogens (tertiary/aromatic N) is 5. The Morgan fingerprint density at radius 2 is 1.72 bits per heavy atom. The van der Waals surface area contributed by atoms with E-state index in [-0.39, 0.29) is 0 Å². The van der Waals surface area contributed by atoms with E-state index in [0.717, 1.165) is 13.1 Å². The number of hydrogen-bond acceptors (Lipinski definition) is 8. The summed E-state index contributed by atoms with van der Waals surface area (Å²) in [6.45, 7) is 1.96. The predicted molar refractivity (Wildman–Crippen MR) is 71.0 cm³/mol. The topological polar surface area (TPSA) is 95.2 Å². The molecule has 0 unspecified atom stereocenters. The highest BCUT2D eigenvalue weighted by Crippen LogP contribution is 2.18. The van der Waals surface area contributed by atoms with Crippen LogP contribution in [0.1, 0.15) is 19.3 Å². The number of anilines is 3. The molecule has 1 aliphatic rings. The first-order valence-corrected chi connectivity index (χ1v) is 6.10. The molecule has 0 spiro atoms. The summed E-state index contributed by atoms with van der Waals surface area (Å²) in [6.07, 6.45) is 3.62. The van der Waals surface area contributed by atoms with Crippen molar-refractivity contribution in [1.82, 2.24) is 20.0 Å². The van der Waals surface area contributed by atoms with E-state index in [1.165, 1.54) is 19.3 Å². The van der Waals surface area contributed by atoms with Crippen molar-refractivity contribution in [2.45, 2.75) is 19.3 Å². The lowest BCUT2D eigenvalue weighted by molar-refractivity contribution is 0.487. The monoisotopic (exact) mass is 252 g/mol. The summed E-state index contributed by atoms with van der Waals surface area (Å²) in [7, 11) is 3.75. The van der Waals surface area contributed by atoms with Crippen molar-refractivity contribution in [1.29, 1.82) is 0 Å². The number of rotatable bonds is 4. The normalized spacial score (nSPS) is 15.9. The maximum atomic E-state index is 5.39. The third-order valence-electron chi connectivity index (χ3n) is 2.72. The minimum atomic E-state index is 0.370. The fourth-order valence-electron chi connectivity index (χ4n) is 1.91. The Labute approximate surface area is 107 Å². The quantitative estimate of drug-likeness (QED) is 0.510. The van der Waals surface area contributed by atoms with Crippen LogP contribution in [0.5, 0.6) is 0 Å². The standard InChI is InChI=1S/C10H20N8/c1-17(2)16-9-12-8(15-11)13-10(14-9)18-6-4-3-5-7-18/h3-7,11H2,1-2H3,(H2,12,13,14,15,16). The Balaban J connectivity index is 2.22. The highest BCUT2D eigenvalue weighted by Gasteiger charge is 2.16. The van der Waals surface area contributed by atoms with Gasteiger partial charge in [-0.3, -0.25) is 10.9 Å². The van der Waals surface area contributed by atoms with E-state index in [9.17, 15) is 0 Å². The number of hydrazine groups is 2. The van der Waals surface area contributed by atoms with Crippen LogP contribution in [-0.2, 0) is 0 Å². The number of nitrogen functional groups attached to an aromatic ring is 1. The van der Waals surface area contributed by atoms with Gasteiger partial charge in [-0.2, -0.15) is 15.0 Å². The lowest BCUT2D eigenvalue weighted by atomic mass is 10.1. The first-order valence-electron chi connectivity index (χ1n) is 6.10. The molecule has 100 valence electrons. The molecule has 8 nitrogen and oxygen atoms in total. The highest BCUT2D eigenvalue weighted by atomic mass is 15.5. The van der Waals surface area contributed by atoms with Crippen molar-refractivity contribution in [3.05, 3.63) is 0 Å². The van der Waals surface area contributed by atoms with E-state index in [0.29, 0.717) is 17.8 Å². The average molecular weight is 252 g/mol. The van der Waals surface area contributed by atoms with Gasteiger partial charge in [-0.1, -0.05) is 0 Å². The van der Waals surface area contributed by atoms with Crippen molar-refractivity contribution < 1.29 is 0 Å². The van der Waals surface area contributed by atoms with Crippen LogP contribution >= 0.6 is 0 Å². The van der Waals surface area contributed by atoms with Crippen LogP contribution in [0.2, 0.25) is 0 Å². The van der Waals surface area contributed by atoms with Crippen molar-refractivity contribution in [2.24, 2.45) is 5.84 Å². The summed E-state index contributed by atoms with van der Waals surface area (Å²) in [6, 6.07) is 0. The van der Waals surface area contributed by atoms with Crippen LogP contribution in [0.15, 0.2) is 0 Å². The fraction of sp³-hybridized carbons (Fsp3) is 0.700. The van der Waals surface area contributed by atoms with E-state index in [2.05, 4.69) is 30.7 Å². The molecule has 0 amide bonds. The van der Waals surface area contributed by atoms with Gasteiger partial charge in [0.2, 0.25) is 17.8 Å². The molecule has 8 heteroatoms. The number of aromatic nitrogens is 3. The zero-order chi connectivity index (χ0) is 13.0. The molecule has 1 saturated heterocycles. The first-order chi connectivity index (χ1) is 8.69. The van der Waals surface area contributed by atoms with Crippen molar-refractivity contribution >= 4 is 17.8 Å². The molecule has 1 fully saturated rings. The van der Waals surface area contributed by atoms with Gasteiger partial charge in [0, 0.05) is 27.2 Å². The molecule has 0 aromatic carbocycles. The number of nitrogens with two attached hydrogens (primary N) is 1. The summed E-state index contributed by atoms with van der Waals surface area (Å²) < 4.78 is 0. The maximum Gasteiger partial charge on any atom is 0.244 e. The molecule has 0 aliphatic carbocycles. The fourth-order valence-corrected chi connectivity index (χ4v) is 1.91. The van der Waals surface area contributed by atoms with Gasteiger partial charge >= 0.3 is 0 Å². The van der Waals surface area contributed by atoms with Crippen molar-refractivity contribution in [3.63, 3.8) is 0 Å². The zero-order valence-corrected chi connectivity index (χ0v) is 10.8. The molecule has 0 saturated carbocycles. The molecule has 1 aliphatic heterocycles. The van der Waals surface area contributed by atoms with Crippen LogP contribution in [0, 0.1) is 0 Å². The van der Waals surface area contributed by atoms with Gasteiger partial charge in [-0.05, 0) is 19.3 Å². The van der Waals surface area contributed by atoms with Crippen molar-refractivity contribution in [3.8, 4) is 0 Å². The SMILES string of the molecule is CN(C)Nc1nc(NN)nc(N2CCCCC2)n1. The molecule has 2 rings (SSSR count). The third kappa shape index (κ3) is 3.17. The number of piperidine rings is 1. The van der Waals surface area contributed by atoms with Gasteiger partial charge in [0.1, 0.15) is 0 Å². The summed E-state index contributed by atoms with van der Waals surface area (Å²) in [5.41, 5.74) is 5.48. The minimum absolute atomic E-state index is 0.370. The second-order valence-electron chi connectivity index (χ2n) is 4.48. The molecule has 0 bridgehead atoms. The van der Waals surface area contributed by atoms with Gasteiger partial charge in [0.25, 0.3) is 0 Å². The molecule has 1 aromatic heterocycles. The number of hydrogen-bond donors (Lipinski definition) is 3. The molecule has 4 N–H and O–H groups in total. The molecular weight excluding hydrogens is 232 g/mol. The molecule has 1 aromatic rings. The molecule has 0 radical (unpaired) electrons. The predicted octanol–water partition coefficient (Wildman–Crippen LogP) is 0.0360. The Morgan fingerprint density at radius 3 is 2.33 bits per heavy atom. The van der Waals surface area contributed by atoms with E-state index >= 15 is 0 Å². The van der Waals surface area contributed by atoms with Gasteiger partial charge in [-0.25, -0.2) is 10.9 Å². The summed E-state index contributed by atoms with van der Waals surface area (Å²) in [4.78, 5) is 15.0. The lowest BCUT2D eigenvalue weighted by Crippen LogP contribution is -2.32. The van der Waals surface area contributed by atoms with Crippen LogP contribution in [0.25, 0.3) is 0 Å². The van der Waals surface area contributed by atoms with Crippen LogP contribution in [0.3, 0.4) is 0 Å². The first kappa shape index (κ1) is 12.8. The lowest BCUT2D eigenvalue weighted by Gasteiger charge is -2.27. The molecule has 2 heterocycles. The van der Waals surface area contributed by atoms with Crippen LogP contribution in [0.4, 0.5) is 17.8 Å². The van der Waals surface area contributed by atoms with Gasteiger partial charge in [0.05, 0.1) is 0 Å². The maximum absolute atomic E-state index is 5.39. The smallest absolute Gasteiger partial charge is 0.244 e. The summed E-state index contributed by atoms with van der Waals surface area (Å²) in [5.74, 6) is 6.91. The van der Waals surface area contributed by atoms with Crippen LogP contribution < -0.4 is 21.6 Å². The Hall–Kier alpha value is -1.67.